The Morgan fingerprint density at radius 1 is 1.04 bits per heavy atom. The summed E-state index contributed by atoms with van der Waals surface area (Å²) in [6.45, 7) is 1.80. The maximum atomic E-state index is 12.9. The molecule has 1 N–H and O–H groups in total. The summed E-state index contributed by atoms with van der Waals surface area (Å²) in [4.78, 5) is 26.0. The SMILES string of the molecule is COc1ccc(/C=C(/NC(C)=O)C(=O)N(C)Cc2ccccc2)cc1OC. The second-order valence-electron chi connectivity index (χ2n) is 6.00. The molecule has 2 aromatic carbocycles. The van der Waals surface area contributed by atoms with Crippen molar-refractivity contribution in [2.45, 2.75) is 13.5 Å². The molecule has 0 aliphatic carbocycles. The fourth-order valence-corrected chi connectivity index (χ4v) is 2.58. The van der Waals surface area contributed by atoms with Crippen LogP contribution in [0.5, 0.6) is 11.5 Å². The van der Waals surface area contributed by atoms with Crippen LogP contribution in [0.25, 0.3) is 6.08 Å². The molecule has 0 spiro atoms. The van der Waals surface area contributed by atoms with Crippen molar-refractivity contribution in [3.8, 4) is 11.5 Å². The van der Waals surface area contributed by atoms with Crippen molar-refractivity contribution in [2.24, 2.45) is 0 Å². The molecular weight excluding hydrogens is 344 g/mol. The fraction of sp³-hybridized carbons (Fsp3) is 0.238. The van der Waals surface area contributed by atoms with Crippen molar-refractivity contribution in [3.63, 3.8) is 0 Å². The second-order valence-corrected chi connectivity index (χ2v) is 6.00. The molecule has 0 atom stereocenters. The van der Waals surface area contributed by atoms with Crippen molar-refractivity contribution in [2.75, 3.05) is 21.3 Å². The third kappa shape index (κ3) is 5.60. The Morgan fingerprint density at radius 2 is 1.70 bits per heavy atom. The fourth-order valence-electron chi connectivity index (χ4n) is 2.58. The van der Waals surface area contributed by atoms with Gasteiger partial charge in [-0.25, -0.2) is 0 Å². The van der Waals surface area contributed by atoms with E-state index in [1.165, 1.54) is 6.92 Å². The van der Waals surface area contributed by atoms with E-state index < -0.39 is 0 Å². The first kappa shape index (κ1) is 20.0. The van der Waals surface area contributed by atoms with Crippen LogP contribution in [-0.2, 0) is 16.1 Å². The molecule has 142 valence electrons. The maximum Gasteiger partial charge on any atom is 0.270 e. The molecule has 6 heteroatoms. The van der Waals surface area contributed by atoms with Crippen LogP contribution >= 0.6 is 0 Å². The average molecular weight is 368 g/mol. The van der Waals surface area contributed by atoms with Gasteiger partial charge in [-0.1, -0.05) is 36.4 Å². The molecule has 2 amide bonds. The van der Waals surface area contributed by atoms with E-state index >= 15 is 0 Å². The largest absolute Gasteiger partial charge is 0.493 e. The quantitative estimate of drug-likeness (QED) is 0.763. The van der Waals surface area contributed by atoms with Crippen molar-refractivity contribution in [3.05, 3.63) is 65.4 Å². The molecule has 2 rings (SSSR count). The van der Waals surface area contributed by atoms with Gasteiger partial charge in [0.15, 0.2) is 11.5 Å². The molecule has 0 bridgehead atoms. The van der Waals surface area contributed by atoms with E-state index in [1.807, 2.05) is 30.3 Å². The predicted molar refractivity (Wildman–Crippen MR) is 104 cm³/mol. The summed E-state index contributed by atoms with van der Waals surface area (Å²) in [5, 5.41) is 2.62. The number of nitrogens with zero attached hydrogens (tertiary/aromatic N) is 1. The van der Waals surface area contributed by atoms with Crippen molar-refractivity contribution in [1.82, 2.24) is 10.2 Å². The lowest BCUT2D eigenvalue weighted by molar-refractivity contribution is -0.128. The highest BCUT2D eigenvalue weighted by atomic mass is 16.5. The minimum absolute atomic E-state index is 0.188. The molecule has 6 nitrogen and oxygen atoms in total. The van der Waals surface area contributed by atoms with Gasteiger partial charge in [-0.05, 0) is 29.3 Å². The van der Waals surface area contributed by atoms with E-state index in [1.54, 1.807) is 50.4 Å². The monoisotopic (exact) mass is 368 g/mol. The highest BCUT2D eigenvalue weighted by Crippen LogP contribution is 2.28. The molecule has 0 saturated heterocycles. The summed E-state index contributed by atoms with van der Waals surface area (Å²) in [7, 11) is 4.79. The van der Waals surface area contributed by atoms with E-state index in [4.69, 9.17) is 9.47 Å². The standard InChI is InChI=1S/C21H24N2O4/c1-15(24)22-18(12-17-10-11-19(26-3)20(13-17)27-4)21(25)23(2)14-16-8-6-5-7-9-16/h5-13H,14H2,1-4H3,(H,22,24)/b18-12+. The summed E-state index contributed by atoms with van der Waals surface area (Å²) in [6.07, 6.45) is 1.62. The summed E-state index contributed by atoms with van der Waals surface area (Å²) < 4.78 is 10.5. The van der Waals surface area contributed by atoms with Crippen LogP contribution in [0, 0.1) is 0 Å². The third-order valence-corrected chi connectivity index (χ3v) is 3.87. The van der Waals surface area contributed by atoms with E-state index in [0.717, 1.165) is 5.56 Å². The summed E-state index contributed by atoms with van der Waals surface area (Å²) >= 11 is 0. The molecule has 27 heavy (non-hydrogen) atoms. The number of ether oxygens (including phenoxy) is 2. The molecular formula is C21H24N2O4. The number of benzene rings is 2. The molecule has 0 aliphatic heterocycles. The van der Waals surface area contributed by atoms with Crippen molar-refractivity contribution in [1.29, 1.82) is 0 Å². The maximum absolute atomic E-state index is 12.9. The number of hydrogen-bond donors (Lipinski definition) is 1. The number of likely N-dealkylation sites (N-methyl/N-ethyl adjacent to an activating group) is 1. The topological polar surface area (TPSA) is 67.9 Å². The van der Waals surface area contributed by atoms with Gasteiger partial charge in [0.05, 0.1) is 14.2 Å². The zero-order valence-electron chi connectivity index (χ0n) is 16.0. The van der Waals surface area contributed by atoms with Crippen LogP contribution in [0.1, 0.15) is 18.1 Å². The Morgan fingerprint density at radius 3 is 2.30 bits per heavy atom. The number of carbonyl (C=O) groups excluding carboxylic acids is 2. The van der Waals surface area contributed by atoms with E-state index in [2.05, 4.69) is 5.32 Å². The highest BCUT2D eigenvalue weighted by Gasteiger charge is 2.17. The first-order chi connectivity index (χ1) is 12.9. The van der Waals surface area contributed by atoms with Crippen molar-refractivity contribution >= 4 is 17.9 Å². The van der Waals surface area contributed by atoms with E-state index in [-0.39, 0.29) is 17.5 Å². The summed E-state index contributed by atoms with van der Waals surface area (Å²) in [6, 6.07) is 14.9. The van der Waals surface area contributed by atoms with Crippen LogP contribution in [0.15, 0.2) is 54.2 Å². The number of hydrogen-bond acceptors (Lipinski definition) is 4. The van der Waals surface area contributed by atoms with Crippen LogP contribution < -0.4 is 14.8 Å². The number of nitrogens with one attached hydrogen (secondary N) is 1. The molecule has 0 heterocycles. The zero-order valence-corrected chi connectivity index (χ0v) is 16.0. The zero-order chi connectivity index (χ0) is 19.8. The molecule has 0 radical (unpaired) electrons. The van der Waals surface area contributed by atoms with Crippen LogP contribution in [0.3, 0.4) is 0 Å². The molecule has 0 fully saturated rings. The first-order valence-electron chi connectivity index (χ1n) is 8.45. The third-order valence-electron chi connectivity index (χ3n) is 3.87. The first-order valence-corrected chi connectivity index (χ1v) is 8.45. The Hall–Kier alpha value is -3.28. The van der Waals surface area contributed by atoms with Gasteiger partial charge in [0, 0.05) is 20.5 Å². The van der Waals surface area contributed by atoms with Gasteiger partial charge in [0.1, 0.15) is 5.70 Å². The minimum atomic E-state index is -0.316. The lowest BCUT2D eigenvalue weighted by Crippen LogP contribution is -2.35. The minimum Gasteiger partial charge on any atom is -0.493 e. The summed E-state index contributed by atoms with van der Waals surface area (Å²) in [5.41, 5.74) is 1.90. The van der Waals surface area contributed by atoms with Gasteiger partial charge in [-0.3, -0.25) is 9.59 Å². The normalized spacial score (nSPS) is 10.9. The van der Waals surface area contributed by atoms with Gasteiger partial charge in [0.25, 0.3) is 5.91 Å². The number of carbonyl (C=O) groups is 2. The van der Waals surface area contributed by atoms with Crippen LogP contribution in [-0.4, -0.2) is 38.0 Å². The number of rotatable bonds is 7. The number of amides is 2. The van der Waals surface area contributed by atoms with Crippen molar-refractivity contribution < 1.29 is 19.1 Å². The lowest BCUT2D eigenvalue weighted by atomic mass is 10.1. The lowest BCUT2D eigenvalue weighted by Gasteiger charge is -2.19. The Labute approximate surface area is 159 Å². The second kappa shape index (κ2) is 9.43. The summed E-state index contributed by atoms with van der Waals surface area (Å²) in [5.74, 6) is 0.522. The Kier molecular flexibility index (Phi) is 7.00. The van der Waals surface area contributed by atoms with Crippen LogP contribution in [0.2, 0.25) is 0 Å². The van der Waals surface area contributed by atoms with Gasteiger partial charge < -0.3 is 19.7 Å². The van der Waals surface area contributed by atoms with E-state index in [9.17, 15) is 9.59 Å². The number of methoxy groups -OCH3 is 2. The van der Waals surface area contributed by atoms with Gasteiger partial charge >= 0.3 is 0 Å². The van der Waals surface area contributed by atoms with Crippen LogP contribution in [0.4, 0.5) is 0 Å². The smallest absolute Gasteiger partial charge is 0.270 e. The van der Waals surface area contributed by atoms with E-state index in [0.29, 0.717) is 23.6 Å². The van der Waals surface area contributed by atoms with Gasteiger partial charge in [0.2, 0.25) is 5.91 Å². The highest BCUT2D eigenvalue weighted by molar-refractivity contribution is 6.00. The Balaban J connectivity index is 2.29. The average Bonchev–Trinajstić information content (AvgIpc) is 2.67. The molecule has 2 aromatic rings. The van der Waals surface area contributed by atoms with Gasteiger partial charge in [-0.15, -0.1) is 0 Å². The molecule has 0 unspecified atom stereocenters. The molecule has 0 aromatic heterocycles. The predicted octanol–water partition coefficient (Wildman–Crippen LogP) is 2.84. The molecule has 0 saturated carbocycles. The molecule has 0 aliphatic rings. The Bertz CT molecular complexity index is 831. The van der Waals surface area contributed by atoms with Gasteiger partial charge in [-0.2, -0.15) is 0 Å².